The summed E-state index contributed by atoms with van der Waals surface area (Å²) in [5.74, 6) is -0.519. The van der Waals surface area contributed by atoms with Crippen molar-refractivity contribution in [3.63, 3.8) is 0 Å². The Morgan fingerprint density at radius 3 is 2.14 bits per heavy atom. The molecule has 21 heavy (non-hydrogen) atoms. The number of Topliss-reactive ketones (excluding diaryl/α,β-unsaturated/α-hetero) is 1. The average molecular weight is 282 g/mol. The van der Waals surface area contributed by atoms with Crippen molar-refractivity contribution in [1.29, 1.82) is 0 Å². The van der Waals surface area contributed by atoms with Gasteiger partial charge in [0, 0.05) is 11.5 Å². The zero-order valence-electron chi connectivity index (χ0n) is 12.2. The summed E-state index contributed by atoms with van der Waals surface area (Å²) in [4.78, 5) is 24.0. The van der Waals surface area contributed by atoms with Gasteiger partial charge < -0.3 is 4.74 Å². The van der Waals surface area contributed by atoms with Crippen LogP contribution in [0, 0.1) is 0 Å². The maximum atomic E-state index is 12.4. The summed E-state index contributed by atoms with van der Waals surface area (Å²) in [6.45, 7) is 3.99. The quantitative estimate of drug-likeness (QED) is 0.618. The van der Waals surface area contributed by atoms with Crippen LogP contribution in [-0.4, -0.2) is 18.4 Å². The van der Waals surface area contributed by atoms with Gasteiger partial charge in [0.15, 0.2) is 5.78 Å². The van der Waals surface area contributed by atoms with Gasteiger partial charge in [0.1, 0.15) is 0 Å². The molecule has 108 valence electrons. The van der Waals surface area contributed by atoms with Crippen LogP contribution < -0.4 is 0 Å². The molecule has 0 N–H and O–H groups in total. The highest BCUT2D eigenvalue weighted by Gasteiger charge is 2.17. The normalized spacial score (nSPS) is 11.7. The van der Waals surface area contributed by atoms with Crippen LogP contribution in [0.5, 0.6) is 0 Å². The van der Waals surface area contributed by atoms with Crippen LogP contribution in [0.2, 0.25) is 0 Å². The minimum absolute atomic E-state index is 0.0690. The molecule has 0 fully saturated rings. The number of hydrogen-bond acceptors (Lipinski definition) is 3. The molecule has 3 nitrogen and oxygen atoms in total. The highest BCUT2D eigenvalue weighted by atomic mass is 16.5. The highest BCUT2D eigenvalue weighted by Crippen LogP contribution is 2.21. The van der Waals surface area contributed by atoms with Crippen molar-refractivity contribution < 1.29 is 14.3 Å². The van der Waals surface area contributed by atoms with Gasteiger partial charge in [-0.3, -0.25) is 4.79 Å². The molecule has 0 saturated heterocycles. The first-order chi connectivity index (χ1) is 10.1. The topological polar surface area (TPSA) is 43.4 Å². The van der Waals surface area contributed by atoms with Gasteiger partial charge in [0.25, 0.3) is 0 Å². The molecule has 2 aromatic carbocycles. The summed E-state index contributed by atoms with van der Waals surface area (Å²) in [7, 11) is 0. The van der Waals surface area contributed by atoms with E-state index in [0.717, 1.165) is 5.56 Å². The third-order valence-electron chi connectivity index (χ3n) is 3.37. The number of hydrogen-bond donors (Lipinski definition) is 0. The molecule has 0 saturated carbocycles. The standard InChI is InChI=1S/C18H18O3/c1-3-21-18(20)16-11-9-14(10-12-16)13(2)17(19)15-7-5-4-6-8-15/h4-13H,3H2,1-2H3/t13-/m1/s1. The summed E-state index contributed by atoms with van der Waals surface area (Å²) in [5, 5.41) is 0. The fraction of sp³-hybridized carbons (Fsp3) is 0.222. The molecule has 1 atom stereocenters. The van der Waals surface area contributed by atoms with Crippen molar-refractivity contribution in [2.45, 2.75) is 19.8 Å². The summed E-state index contributed by atoms with van der Waals surface area (Å²) in [5.41, 5.74) is 2.08. The first-order valence-corrected chi connectivity index (χ1v) is 6.99. The monoisotopic (exact) mass is 282 g/mol. The molecule has 0 radical (unpaired) electrons. The highest BCUT2D eigenvalue weighted by molar-refractivity contribution is 6.00. The molecule has 2 aromatic rings. The Bertz CT molecular complexity index is 615. The smallest absolute Gasteiger partial charge is 0.338 e. The van der Waals surface area contributed by atoms with Crippen molar-refractivity contribution >= 4 is 11.8 Å². The Kier molecular flexibility index (Phi) is 4.88. The molecular formula is C18H18O3. The van der Waals surface area contributed by atoms with Crippen LogP contribution in [0.15, 0.2) is 54.6 Å². The second kappa shape index (κ2) is 6.84. The Morgan fingerprint density at radius 2 is 1.57 bits per heavy atom. The number of ether oxygens (including phenoxy) is 1. The second-order valence-corrected chi connectivity index (χ2v) is 4.79. The minimum Gasteiger partial charge on any atom is -0.462 e. The summed E-state index contributed by atoms with van der Waals surface area (Å²) >= 11 is 0. The number of benzene rings is 2. The Morgan fingerprint density at radius 1 is 0.952 bits per heavy atom. The summed E-state index contributed by atoms with van der Waals surface area (Å²) < 4.78 is 4.94. The molecule has 0 bridgehead atoms. The average Bonchev–Trinajstić information content (AvgIpc) is 2.54. The van der Waals surface area contributed by atoms with E-state index in [0.29, 0.717) is 17.7 Å². The lowest BCUT2D eigenvalue weighted by Gasteiger charge is -2.11. The van der Waals surface area contributed by atoms with Crippen LogP contribution >= 0.6 is 0 Å². The molecule has 0 aliphatic carbocycles. The van der Waals surface area contributed by atoms with E-state index in [4.69, 9.17) is 4.74 Å². The van der Waals surface area contributed by atoms with E-state index in [-0.39, 0.29) is 17.7 Å². The fourth-order valence-corrected chi connectivity index (χ4v) is 2.13. The van der Waals surface area contributed by atoms with Gasteiger partial charge in [0.2, 0.25) is 0 Å². The number of rotatable bonds is 5. The Labute approximate surface area is 124 Å². The third-order valence-corrected chi connectivity index (χ3v) is 3.37. The van der Waals surface area contributed by atoms with Crippen molar-refractivity contribution in [2.75, 3.05) is 6.61 Å². The number of esters is 1. The number of carbonyl (C=O) groups is 2. The lowest BCUT2D eigenvalue weighted by molar-refractivity contribution is 0.0526. The van der Waals surface area contributed by atoms with E-state index in [9.17, 15) is 9.59 Å². The first kappa shape index (κ1) is 15.0. The van der Waals surface area contributed by atoms with Crippen molar-refractivity contribution in [1.82, 2.24) is 0 Å². The van der Waals surface area contributed by atoms with Crippen LogP contribution in [0.1, 0.15) is 46.0 Å². The molecule has 0 unspecified atom stereocenters. The van der Waals surface area contributed by atoms with Crippen LogP contribution in [0.3, 0.4) is 0 Å². The molecule has 3 heteroatoms. The molecule has 0 aliphatic heterocycles. The van der Waals surface area contributed by atoms with Crippen molar-refractivity contribution in [3.05, 3.63) is 71.3 Å². The van der Waals surface area contributed by atoms with Gasteiger partial charge in [0.05, 0.1) is 12.2 Å². The maximum Gasteiger partial charge on any atom is 0.338 e. The summed E-state index contributed by atoms with van der Waals surface area (Å²) in [6, 6.07) is 16.2. The Balaban J connectivity index is 2.15. The molecule has 0 amide bonds. The van der Waals surface area contributed by atoms with E-state index in [2.05, 4.69) is 0 Å². The van der Waals surface area contributed by atoms with Gasteiger partial charge in [-0.25, -0.2) is 4.79 Å². The predicted octanol–water partition coefficient (Wildman–Crippen LogP) is 3.85. The van der Waals surface area contributed by atoms with Crippen LogP contribution in [-0.2, 0) is 4.74 Å². The van der Waals surface area contributed by atoms with Gasteiger partial charge in [-0.1, -0.05) is 49.4 Å². The lowest BCUT2D eigenvalue weighted by Crippen LogP contribution is -2.10. The minimum atomic E-state index is -0.342. The Hall–Kier alpha value is -2.42. The maximum absolute atomic E-state index is 12.4. The zero-order valence-corrected chi connectivity index (χ0v) is 12.2. The van der Waals surface area contributed by atoms with E-state index in [1.165, 1.54) is 0 Å². The number of ketones is 1. The van der Waals surface area contributed by atoms with Crippen LogP contribution in [0.4, 0.5) is 0 Å². The van der Waals surface area contributed by atoms with E-state index in [1.807, 2.05) is 37.3 Å². The lowest BCUT2D eigenvalue weighted by atomic mass is 9.92. The molecule has 0 heterocycles. The van der Waals surface area contributed by atoms with Gasteiger partial charge in [-0.05, 0) is 24.6 Å². The predicted molar refractivity (Wildman–Crippen MR) is 81.6 cm³/mol. The first-order valence-electron chi connectivity index (χ1n) is 6.99. The van der Waals surface area contributed by atoms with Gasteiger partial charge in [-0.15, -0.1) is 0 Å². The largest absolute Gasteiger partial charge is 0.462 e. The summed E-state index contributed by atoms with van der Waals surface area (Å²) in [6.07, 6.45) is 0. The molecule has 0 spiro atoms. The SMILES string of the molecule is CCOC(=O)c1ccc([C@@H](C)C(=O)c2ccccc2)cc1. The fourth-order valence-electron chi connectivity index (χ4n) is 2.13. The van der Waals surface area contributed by atoms with Crippen molar-refractivity contribution in [3.8, 4) is 0 Å². The van der Waals surface area contributed by atoms with E-state index in [1.54, 1.807) is 31.2 Å². The van der Waals surface area contributed by atoms with Gasteiger partial charge >= 0.3 is 5.97 Å². The van der Waals surface area contributed by atoms with Crippen LogP contribution in [0.25, 0.3) is 0 Å². The molecule has 0 aromatic heterocycles. The second-order valence-electron chi connectivity index (χ2n) is 4.79. The van der Waals surface area contributed by atoms with E-state index < -0.39 is 0 Å². The van der Waals surface area contributed by atoms with Gasteiger partial charge in [-0.2, -0.15) is 0 Å². The van der Waals surface area contributed by atoms with E-state index >= 15 is 0 Å². The molecular weight excluding hydrogens is 264 g/mol. The molecule has 0 aliphatic rings. The third kappa shape index (κ3) is 3.57. The van der Waals surface area contributed by atoms with Crippen molar-refractivity contribution in [2.24, 2.45) is 0 Å². The molecule has 2 rings (SSSR count). The number of carbonyl (C=O) groups excluding carboxylic acids is 2. The zero-order chi connectivity index (χ0) is 15.2.